The first-order valence-electron chi connectivity index (χ1n) is 6.01. The molecular weight excluding hydrogens is 264 g/mol. The minimum atomic E-state index is -0.854. The minimum absolute atomic E-state index is 0.0423. The van der Waals surface area contributed by atoms with Crippen LogP contribution in [-0.2, 0) is 4.79 Å². The molecule has 5 heteroatoms. The molecule has 0 radical (unpaired) electrons. The number of carboxylic acid groups (broad SMARTS) is 1. The van der Waals surface area contributed by atoms with Crippen molar-refractivity contribution >= 4 is 34.2 Å². The number of fused-ring (bicyclic) bond motifs is 1. The molecule has 0 bridgehead atoms. The number of nitrogens with zero attached hydrogens (tertiary/aromatic N) is 2. The van der Waals surface area contributed by atoms with Gasteiger partial charge in [-0.15, -0.1) is 0 Å². The van der Waals surface area contributed by atoms with E-state index in [1.165, 1.54) is 0 Å². The average molecular weight is 279 g/mol. The fourth-order valence-electron chi connectivity index (χ4n) is 2.05. The summed E-state index contributed by atoms with van der Waals surface area (Å²) in [4.78, 5) is 17.1. The van der Waals surface area contributed by atoms with Crippen molar-refractivity contribution in [3.05, 3.63) is 35.5 Å². The van der Waals surface area contributed by atoms with Crippen molar-refractivity contribution in [2.45, 2.75) is 19.9 Å². The first kappa shape index (κ1) is 13.6. The SMILES string of the molecule is CC(C)N(CC(=O)O)c1ccnc2cc(Cl)ccc12. The van der Waals surface area contributed by atoms with Crippen LogP contribution in [0.15, 0.2) is 30.5 Å². The normalized spacial score (nSPS) is 10.9. The molecule has 1 heterocycles. The van der Waals surface area contributed by atoms with Crippen LogP contribution in [0, 0.1) is 0 Å². The van der Waals surface area contributed by atoms with E-state index >= 15 is 0 Å². The van der Waals surface area contributed by atoms with Gasteiger partial charge in [-0.2, -0.15) is 0 Å². The van der Waals surface area contributed by atoms with Crippen molar-refractivity contribution in [2.75, 3.05) is 11.4 Å². The Morgan fingerprint density at radius 3 is 2.79 bits per heavy atom. The topological polar surface area (TPSA) is 53.4 Å². The Morgan fingerprint density at radius 1 is 1.42 bits per heavy atom. The number of aliphatic carboxylic acids is 1. The predicted molar refractivity (Wildman–Crippen MR) is 76.9 cm³/mol. The van der Waals surface area contributed by atoms with Crippen molar-refractivity contribution in [1.29, 1.82) is 0 Å². The van der Waals surface area contributed by atoms with E-state index in [4.69, 9.17) is 16.7 Å². The second kappa shape index (κ2) is 5.45. The molecule has 1 aromatic carbocycles. The van der Waals surface area contributed by atoms with Gasteiger partial charge in [0.05, 0.1) is 5.52 Å². The summed E-state index contributed by atoms with van der Waals surface area (Å²) in [5.74, 6) is -0.854. The summed E-state index contributed by atoms with van der Waals surface area (Å²) in [5, 5.41) is 10.6. The van der Waals surface area contributed by atoms with Gasteiger partial charge in [0.15, 0.2) is 0 Å². The summed E-state index contributed by atoms with van der Waals surface area (Å²) in [6.07, 6.45) is 1.67. The second-order valence-electron chi connectivity index (χ2n) is 4.61. The Morgan fingerprint density at radius 2 is 2.16 bits per heavy atom. The van der Waals surface area contributed by atoms with Crippen LogP contribution in [0.3, 0.4) is 0 Å². The van der Waals surface area contributed by atoms with E-state index in [1.807, 2.05) is 30.9 Å². The molecule has 0 saturated carbocycles. The van der Waals surface area contributed by atoms with Gasteiger partial charge in [0.25, 0.3) is 0 Å². The van der Waals surface area contributed by atoms with Gasteiger partial charge in [-0.05, 0) is 38.1 Å². The fourth-order valence-corrected chi connectivity index (χ4v) is 2.21. The molecule has 1 aromatic heterocycles. The van der Waals surface area contributed by atoms with Gasteiger partial charge in [0.1, 0.15) is 6.54 Å². The Bertz CT molecular complexity index is 613. The van der Waals surface area contributed by atoms with Crippen molar-refractivity contribution < 1.29 is 9.90 Å². The number of rotatable bonds is 4. The number of hydrogen-bond donors (Lipinski definition) is 1. The maximum absolute atomic E-state index is 11.0. The zero-order valence-corrected chi connectivity index (χ0v) is 11.6. The maximum atomic E-state index is 11.0. The molecule has 0 aliphatic rings. The highest BCUT2D eigenvalue weighted by atomic mass is 35.5. The summed E-state index contributed by atoms with van der Waals surface area (Å²) in [6.45, 7) is 3.88. The van der Waals surface area contributed by atoms with Gasteiger partial charge in [0.2, 0.25) is 0 Å². The summed E-state index contributed by atoms with van der Waals surface area (Å²) in [5.41, 5.74) is 1.63. The van der Waals surface area contributed by atoms with Crippen LogP contribution in [0.5, 0.6) is 0 Å². The smallest absolute Gasteiger partial charge is 0.323 e. The lowest BCUT2D eigenvalue weighted by molar-refractivity contribution is -0.135. The summed E-state index contributed by atoms with van der Waals surface area (Å²) in [7, 11) is 0. The highest BCUT2D eigenvalue weighted by Crippen LogP contribution is 2.28. The molecule has 0 atom stereocenters. The standard InChI is InChI=1S/C14H15ClN2O2/c1-9(2)17(8-14(18)19)13-5-6-16-12-7-10(15)3-4-11(12)13/h3-7,9H,8H2,1-2H3,(H,18,19). The Kier molecular flexibility index (Phi) is 3.90. The second-order valence-corrected chi connectivity index (χ2v) is 5.04. The highest BCUT2D eigenvalue weighted by molar-refractivity contribution is 6.31. The number of halogens is 1. The van der Waals surface area contributed by atoms with Gasteiger partial charge >= 0.3 is 5.97 Å². The summed E-state index contributed by atoms with van der Waals surface area (Å²) < 4.78 is 0. The van der Waals surface area contributed by atoms with Gasteiger partial charge < -0.3 is 10.0 Å². The lowest BCUT2D eigenvalue weighted by Crippen LogP contribution is -2.35. The maximum Gasteiger partial charge on any atom is 0.323 e. The molecule has 0 fully saturated rings. The van der Waals surface area contributed by atoms with Crippen molar-refractivity contribution in [2.24, 2.45) is 0 Å². The molecule has 4 nitrogen and oxygen atoms in total. The lowest BCUT2D eigenvalue weighted by atomic mass is 10.1. The molecule has 0 amide bonds. The van der Waals surface area contributed by atoms with Crippen LogP contribution in [-0.4, -0.2) is 28.6 Å². The molecule has 0 aliphatic heterocycles. The number of benzene rings is 1. The van der Waals surface area contributed by atoms with Gasteiger partial charge in [0, 0.05) is 28.3 Å². The van der Waals surface area contributed by atoms with Crippen LogP contribution in [0.25, 0.3) is 10.9 Å². The number of aromatic nitrogens is 1. The first-order chi connectivity index (χ1) is 8.99. The highest BCUT2D eigenvalue weighted by Gasteiger charge is 2.16. The van der Waals surface area contributed by atoms with E-state index in [9.17, 15) is 4.79 Å². The fraction of sp³-hybridized carbons (Fsp3) is 0.286. The summed E-state index contributed by atoms with van der Waals surface area (Å²) >= 11 is 5.95. The van der Waals surface area contributed by atoms with Crippen LogP contribution in [0.2, 0.25) is 5.02 Å². The third-order valence-electron chi connectivity index (χ3n) is 2.92. The zero-order chi connectivity index (χ0) is 14.0. The molecule has 0 saturated heterocycles. The average Bonchev–Trinajstić information content (AvgIpc) is 2.34. The molecule has 2 aromatic rings. The number of hydrogen-bond acceptors (Lipinski definition) is 3. The molecule has 2 rings (SSSR count). The van der Waals surface area contributed by atoms with Crippen molar-refractivity contribution in [1.82, 2.24) is 4.98 Å². The molecular formula is C14H15ClN2O2. The third-order valence-corrected chi connectivity index (χ3v) is 3.16. The number of pyridine rings is 1. The van der Waals surface area contributed by atoms with E-state index in [1.54, 1.807) is 18.3 Å². The largest absolute Gasteiger partial charge is 0.480 e. The molecule has 100 valence electrons. The van der Waals surface area contributed by atoms with E-state index in [-0.39, 0.29) is 12.6 Å². The molecule has 0 unspecified atom stereocenters. The van der Waals surface area contributed by atoms with Gasteiger partial charge in [-0.25, -0.2) is 0 Å². The summed E-state index contributed by atoms with van der Waals surface area (Å²) in [6, 6.07) is 7.35. The van der Waals surface area contributed by atoms with Crippen LogP contribution >= 0.6 is 11.6 Å². The number of carboxylic acids is 1. The van der Waals surface area contributed by atoms with Crippen LogP contribution in [0.1, 0.15) is 13.8 Å². The molecule has 0 aliphatic carbocycles. The first-order valence-corrected chi connectivity index (χ1v) is 6.39. The molecule has 1 N–H and O–H groups in total. The third kappa shape index (κ3) is 2.96. The zero-order valence-electron chi connectivity index (χ0n) is 10.8. The lowest BCUT2D eigenvalue weighted by Gasteiger charge is -2.28. The minimum Gasteiger partial charge on any atom is -0.480 e. The number of anilines is 1. The Balaban J connectivity index is 2.56. The van der Waals surface area contributed by atoms with Crippen LogP contribution in [0.4, 0.5) is 5.69 Å². The van der Waals surface area contributed by atoms with E-state index < -0.39 is 5.97 Å². The van der Waals surface area contributed by atoms with Crippen LogP contribution < -0.4 is 4.90 Å². The van der Waals surface area contributed by atoms with Crippen molar-refractivity contribution in [3.8, 4) is 0 Å². The number of carbonyl (C=O) groups is 1. The monoisotopic (exact) mass is 278 g/mol. The Labute approximate surface area is 116 Å². The van der Waals surface area contributed by atoms with Gasteiger partial charge in [-0.1, -0.05) is 11.6 Å². The van der Waals surface area contributed by atoms with Crippen molar-refractivity contribution in [3.63, 3.8) is 0 Å². The molecule has 19 heavy (non-hydrogen) atoms. The quantitative estimate of drug-likeness (QED) is 0.933. The Hall–Kier alpha value is -1.81. The van der Waals surface area contributed by atoms with E-state index in [0.717, 1.165) is 16.6 Å². The van der Waals surface area contributed by atoms with E-state index in [0.29, 0.717) is 5.02 Å². The van der Waals surface area contributed by atoms with Gasteiger partial charge in [-0.3, -0.25) is 9.78 Å². The predicted octanol–water partition coefficient (Wildman–Crippen LogP) is 3.19. The van der Waals surface area contributed by atoms with E-state index in [2.05, 4.69) is 4.98 Å². The molecule has 0 spiro atoms.